The lowest BCUT2D eigenvalue weighted by Crippen LogP contribution is -2.47. The van der Waals surface area contributed by atoms with Crippen LogP contribution in [0.3, 0.4) is 0 Å². The number of aryl methyl sites for hydroxylation is 1. The summed E-state index contributed by atoms with van der Waals surface area (Å²) in [6.45, 7) is 7.74. The van der Waals surface area contributed by atoms with Crippen molar-refractivity contribution >= 4 is 5.95 Å². The lowest BCUT2D eigenvalue weighted by Gasteiger charge is -2.36. The van der Waals surface area contributed by atoms with Crippen molar-refractivity contribution in [2.24, 2.45) is 0 Å². The molecule has 1 aliphatic heterocycles. The third-order valence-electron chi connectivity index (χ3n) is 4.76. The van der Waals surface area contributed by atoms with Crippen molar-refractivity contribution in [2.75, 3.05) is 31.1 Å². The van der Waals surface area contributed by atoms with Gasteiger partial charge < -0.3 is 9.32 Å². The van der Waals surface area contributed by atoms with Gasteiger partial charge in [-0.3, -0.25) is 4.90 Å². The van der Waals surface area contributed by atoms with Gasteiger partial charge in [-0.1, -0.05) is 17.7 Å². The van der Waals surface area contributed by atoms with E-state index in [4.69, 9.17) is 4.42 Å². The van der Waals surface area contributed by atoms with Gasteiger partial charge in [0.25, 0.3) is 0 Å². The summed E-state index contributed by atoms with van der Waals surface area (Å²) in [5.74, 6) is 2.03. The summed E-state index contributed by atoms with van der Waals surface area (Å²) in [6.07, 6.45) is 3.56. The van der Waals surface area contributed by atoms with Crippen LogP contribution in [-0.2, 0) is 0 Å². The highest BCUT2D eigenvalue weighted by atomic mass is 16.4. The molecule has 3 aromatic rings. The molecule has 4 rings (SSSR count). The lowest BCUT2D eigenvalue weighted by atomic mass is 10.1. The third kappa shape index (κ3) is 3.43. The fourth-order valence-corrected chi connectivity index (χ4v) is 3.22. The van der Waals surface area contributed by atoms with Crippen LogP contribution in [-0.4, -0.2) is 51.2 Å². The highest BCUT2D eigenvalue weighted by molar-refractivity contribution is 5.53. The van der Waals surface area contributed by atoms with E-state index in [0.717, 1.165) is 37.7 Å². The Hall–Kier alpha value is -2.80. The topological polar surface area (TPSA) is 71.2 Å². The van der Waals surface area contributed by atoms with Gasteiger partial charge >= 0.3 is 0 Å². The molecule has 0 saturated carbocycles. The molecule has 7 heteroatoms. The molecule has 0 radical (unpaired) electrons. The molecule has 1 fully saturated rings. The first-order valence-electron chi connectivity index (χ1n) is 8.87. The molecule has 2 aromatic heterocycles. The molecule has 1 aromatic carbocycles. The monoisotopic (exact) mass is 350 g/mol. The molecule has 0 spiro atoms. The molecular formula is C19H22N6O. The number of nitrogens with zero attached hydrogens (tertiary/aromatic N) is 6. The molecule has 134 valence electrons. The number of aromatic nitrogens is 4. The Kier molecular flexibility index (Phi) is 4.62. The Balaban J connectivity index is 1.42. The zero-order chi connectivity index (χ0) is 17.9. The Morgan fingerprint density at radius 1 is 1.00 bits per heavy atom. The summed E-state index contributed by atoms with van der Waals surface area (Å²) >= 11 is 0. The maximum atomic E-state index is 5.95. The summed E-state index contributed by atoms with van der Waals surface area (Å²) in [7, 11) is 0. The maximum absolute atomic E-state index is 5.95. The molecule has 0 amide bonds. The van der Waals surface area contributed by atoms with Crippen molar-refractivity contribution < 1.29 is 4.42 Å². The fraction of sp³-hybridized carbons (Fsp3) is 0.368. The predicted molar refractivity (Wildman–Crippen MR) is 98.7 cm³/mol. The second-order valence-corrected chi connectivity index (χ2v) is 6.56. The number of rotatable bonds is 4. The second kappa shape index (κ2) is 7.21. The Labute approximate surface area is 152 Å². The number of piperazine rings is 1. The molecule has 7 nitrogen and oxygen atoms in total. The minimum absolute atomic E-state index is 0.0832. The largest absolute Gasteiger partial charge is 0.419 e. The van der Waals surface area contributed by atoms with E-state index >= 15 is 0 Å². The van der Waals surface area contributed by atoms with Crippen molar-refractivity contribution in [2.45, 2.75) is 19.9 Å². The molecule has 0 bridgehead atoms. The molecule has 0 N–H and O–H groups in total. The zero-order valence-electron chi connectivity index (χ0n) is 15.0. The van der Waals surface area contributed by atoms with Gasteiger partial charge in [-0.15, -0.1) is 10.2 Å². The highest BCUT2D eigenvalue weighted by Crippen LogP contribution is 2.25. The minimum Gasteiger partial charge on any atom is -0.419 e. The highest BCUT2D eigenvalue weighted by Gasteiger charge is 2.26. The van der Waals surface area contributed by atoms with Crippen molar-refractivity contribution in [3.63, 3.8) is 0 Å². The van der Waals surface area contributed by atoms with Crippen LogP contribution in [0.1, 0.15) is 24.4 Å². The van der Waals surface area contributed by atoms with E-state index in [1.54, 1.807) is 12.4 Å². The van der Waals surface area contributed by atoms with Crippen LogP contribution in [0.25, 0.3) is 11.5 Å². The van der Waals surface area contributed by atoms with Gasteiger partial charge in [0.1, 0.15) is 0 Å². The molecule has 3 heterocycles. The van der Waals surface area contributed by atoms with E-state index in [1.165, 1.54) is 5.56 Å². The average Bonchev–Trinajstić information content (AvgIpc) is 3.18. The molecule has 1 atom stereocenters. The normalized spacial score (nSPS) is 16.6. The summed E-state index contributed by atoms with van der Waals surface area (Å²) in [5, 5.41) is 8.51. The smallest absolute Gasteiger partial charge is 0.247 e. The summed E-state index contributed by atoms with van der Waals surface area (Å²) in [4.78, 5) is 13.2. The molecular weight excluding hydrogens is 328 g/mol. The number of hydrogen-bond donors (Lipinski definition) is 0. The summed E-state index contributed by atoms with van der Waals surface area (Å²) in [5.41, 5.74) is 2.14. The summed E-state index contributed by atoms with van der Waals surface area (Å²) in [6, 6.07) is 10.0. The molecule has 26 heavy (non-hydrogen) atoms. The Bertz CT molecular complexity index is 857. The first kappa shape index (κ1) is 16.7. The van der Waals surface area contributed by atoms with Crippen molar-refractivity contribution in [3.05, 3.63) is 54.2 Å². The van der Waals surface area contributed by atoms with Crippen LogP contribution in [0.5, 0.6) is 0 Å². The lowest BCUT2D eigenvalue weighted by molar-refractivity contribution is 0.173. The zero-order valence-corrected chi connectivity index (χ0v) is 15.0. The molecule has 0 aliphatic carbocycles. The van der Waals surface area contributed by atoms with E-state index in [-0.39, 0.29) is 6.04 Å². The Morgan fingerprint density at radius 3 is 2.50 bits per heavy atom. The summed E-state index contributed by atoms with van der Waals surface area (Å²) < 4.78 is 5.95. The van der Waals surface area contributed by atoms with Crippen LogP contribution in [0.2, 0.25) is 0 Å². The molecule has 0 unspecified atom stereocenters. The van der Waals surface area contributed by atoms with Gasteiger partial charge in [0.15, 0.2) is 0 Å². The first-order valence-corrected chi connectivity index (χ1v) is 8.87. The Morgan fingerprint density at radius 2 is 1.77 bits per heavy atom. The minimum atomic E-state index is 0.0832. The number of benzene rings is 1. The van der Waals surface area contributed by atoms with E-state index in [1.807, 2.05) is 18.2 Å². The van der Waals surface area contributed by atoms with Crippen LogP contribution in [0.4, 0.5) is 5.95 Å². The van der Waals surface area contributed by atoms with Crippen molar-refractivity contribution in [1.82, 2.24) is 25.1 Å². The van der Waals surface area contributed by atoms with Gasteiger partial charge in [0, 0.05) is 44.1 Å². The third-order valence-corrected chi connectivity index (χ3v) is 4.76. The molecule has 1 saturated heterocycles. The first-order chi connectivity index (χ1) is 12.7. The van der Waals surface area contributed by atoms with Crippen molar-refractivity contribution in [3.8, 4) is 11.5 Å². The molecule has 1 aliphatic rings. The van der Waals surface area contributed by atoms with Crippen LogP contribution in [0, 0.1) is 6.92 Å². The van der Waals surface area contributed by atoms with Gasteiger partial charge in [-0.2, -0.15) is 0 Å². The average molecular weight is 350 g/mol. The fourth-order valence-electron chi connectivity index (χ4n) is 3.22. The number of anilines is 1. The van der Waals surface area contributed by atoms with Crippen LogP contribution in [0.15, 0.2) is 47.1 Å². The standard InChI is InChI=1S/C19H22N6O/c1-14-5-3-6-16(13-14)18-23-22-17(26-18)15(2)24-9-11-25(12-10-24)19-20-7-4-8-21-19/h3-8,13,15H,9-12H2,1-2H3/t15-/m0/s1. The SMILES string of the molecule is Cc1cccc(-c2nnc([C@H](C)N3CCN(c4ncccn4)CC3)o2)c1. The maximum Gasteiger partial charge on any atom is 0.247 e. The van der Waals surface area contributed by atoms with Crippen LogP contribution < -0.4 is 4.90 Å². The van der Waals surface area contributed by atoms with Gasteiger partial charge in [0.2, 0.25) is 17.7 Å². The van der Waals surface area contributed by atoms with Gasteiger partial charge in [-0.05, 0) is 32.0 Å². The van der Waals surface area contributed by atoms with Crippen LogP contribution >= 0.6 is 0 Å². The van der Waals surface area contributed by atoms with Gasteiger partial charge in [0.05, 0.1) is 6.04 Å². The predicted octanol–water partition coefficient (Wildman–Crippen LogP) is 2.72. The van der Waals surface area contributed by atoms with E-state index < -0.39 is 0 Å². The van der Waals surface area contributed by atoms with E-state index in [0.29, 0.717) is 11.8 Å². The van der Waals surface area contributed by atoms with E-state index in [2.05, 4.69) is 55.9 Å². The second-order valence-electron chi connectivity index (χ2n) is 6.56. The van der Waals surface area contributed by atoms with Crippen molar-refractivity contribution in [1.29, 1.82) is 0 Å². The van der Waals surface area contributed by atoms with Gasteiger partial charge in [-0.25, -0.2) is 9.97 Å². The van der Waals surface area contributed by atoms with E-state index in [9.17, 15) is 0 Å². The quantitative estimate of drug-likeness (QED) is 0.716. The number of hydrogen-bond acceptors (Lipinski definition) is 7.